The quantitative estimate of drug-likeness (QED) is 0.624. The Morgan fingerprint density at radius 2 is 1.44 bits per heavy atom. The summed E-state index contributed by atoms with van der Waals surface area (Å²) in [6.45, 7) is 3.12. The van der Waals surface area contributed by atoms with Gasteiger partial charge in [-0.2, -0.15) is 0 Å². The number of para-hydroxylation sites is 1. The van der Waals surface area contributed by atoms with Gasteiger partial charge in [0, 0.05) is 31.9 Å². The SMILES string of the molecule is O=S(=O)(NNC(=S)N1CCN(c2ccccc2)CC1)c1ccccc1. The Morgan fingerprint density at radius 3 is 2.04 bits per heavy atom. The fraction of sp³-hybridized carbons (Fsp3) is 0.235. The average molecular weight is 377 g/mol. The molecule has 0 spiro atoms. The standard InChI is InChI=1S/C17H20N4O2S2/c22-25(23,16-9-5-2-6-10-16)19-18-17(24)21-13-11-20(12-14-21)15-7-3-1-4-8-15/h1-10,19H,11-14H2,(H,18,24). The van der Waals surface area contributed by atoms with Crippen LogP contribution in [0.4, 0.5) is 5.69 Å². The number of rotatable bonds is 4. The number of nitrogens with zero attached hydrogens (tertiary/aromatic N) is 2. The summed E-state index contributed by atoms with van der Waals surface area (Å²) in [6, 6.07) is 18.4. The van der Waals surface area contributed by atoms with E-state index in [9.17, 15) is 8.42 Å². The topological polar surface area (TPSA) is 64.7 Å². The predicted octanol–water partition coefficient (Wildman–Crippen LogP) is 1.58. The molecular formula is C17H20N4O2S2. The molecule has 0 saturated carbocycles. The van der Waals surface area contributed by atoms with Crippen molar-refractivity contribution in [2.75, 3.05) is 31.1 Å². The van der Waals surface area contributed by atoms with Crippen LogP contribution >= 0.6 is 12.2 Å². The molecule has 0 aromatic heterocycles. The molecule has 132 valence electrons. The summed E-state index contributed by atoms with van der Waals surface area (Å²) in [5, 5.41) is 0.382. The lowest BCUT2D eigenvalue weighted by Crippen LogP contribution is -2.55. The van der Waals surface area contributed by atoms with Crippen molar-refractivity contribution in [1.29, 1.82) is 0 Å². The highest BCUT2D eigenvalue weighted by atomic mass is 32.2. The number of sulfonamides is 1. The Bertz CT molecular complexity index is 805. The van der Waals surface area contributed by atoms with Crippen molar-refractivity contribution in [2.24, 2.45) is 0 Å². The molecule has 1 aliphatic rings. The van der Waals surface area contributed by atoms with E-state index in [-0.39, 0.29) is 4.90 Å². The molecule has 3 rings (SSSR count). The van der Waals surface area contributed by atoms with Gasteiger partial charge in [0.25, 0.3) is 10.0 Å². The molecular weight excluding hydrogens is 356 g/mol. The molecule has 2 N–H and O–H groups in total. The molecule has 25 heavy (non-hydrogen) atoms. The van der Waals surface area contributed by atoms with Crippen LogP contribution in [0, 0.1) is 0 Å². The minimum Gasteiger partial charge on any atom is -0.368 e. The van der Waals surface area contributed by atoms with E-state index in [1.807, 2.05) is 23.1 Å². The van der Waals surface area contributed by atoms with E-state index < -0.39 is 10.0 Å². The third-order valence-corrected chi connectivity index (χ3v) is 5.66. The molecule has 2 aromatic carbocycles. The first-order valence-electron chi connectivity index (χ1n) is 7.98. The summed E-state index contributed by atoms with van der Waals surface area (Å²) in [5.41, 5.74) is 3.83. The molecule has 0 aliphatic carbocycles. The molecule has 0 radical (unpaired) electrons. The molecule has 1 aliphatic heterocycles. The molecule has 0 amide bonds. The van der Waals surface area contributed by atoms with Gasteiger partial charge in [-0.25, -0.2) is 8.42 Å². The zero-order valence-electron chi connectivity index (χ0n) is 13.6. The van der Waals surface area contributed by atoms with Crippen LogP contribution in [-0.2, 0) is 10.0 Å². The number of hydrogen-bond donors (Lipinski definition) is 2. The number of benzene rings is 2. The van der Waals surface area contributed by atoms with Crippen LogP contribution in [-0.4, -0.2) is 44.6 Å². The summed E-state index contributed by atoms with van der Waals surface area (Å²) < 4.78 is 24.4. The fourth-order valence-corrected chi connectivity index (χ4v) is 3.82. The number of hydrazine groups is 1. The highest BCUT2D eigenvalue weighted by Gasteiger charge is 2.20. The maximum absolute atomic E-state index is 12.2. The molecule has 8 heteroatoms. The van der Waals surface area contributed by atoms with Crippen molar-refractivity contribution in [3.8, 4) is 0 Å². The van der Waals surface area contributed by atoms with Crippen LogP contribution in [0.1, 0.15) is 0 Å². The smallest absolute Gasteiger partial charge is 0.257 e. The van der Waals surface area contributed by atoms with Gasteiger partial charge in [-0.05, 0) is 36.5 Å². The third-order valence-electron chi connectivity index (χ3n) is 4.03. The van der Waals surface area contributed by atoms with Crippen molar-refractivity contribution in [2.45, 2.75) is 4.90 Å². The monoisotopic (exact) mass is 376 g/mol. The summed E-state index contributed by atoms with van der Waals surface area (Å²) in [5.74, 6) is 0. The van der Waals surface area contributed by atoms with E-state index in [0.29, 0.717) is 5.11 Å². The number of hydrogen-bond acceptors (Lipinski definition) is 4. The van der Waals surface area contributed by atoms with Gasteiger partial charge in [0.1, 0.15) is 0 Å². The van der Waals surface area contributed by atoms with E-state index in [4.69, 9.17) is 12.2 Å². The molecule has 0 unspecified atom stereocenters. The van der Waals surface area contributed by atoms with Crippen LogP contribution in [0.3, 0.4) is 0 Å². The normalized spacial score (nSPS) is 15.0. The molecule has 0 bridgehead atoms. The molecule has 1 heterocycles. The van der Waals surface area contributed by atoms with Crippen LogP contribution in [0.5, 0.6) is 0 Å². The van der Waals surface area contributed by atoms with Gasteiger partial charge in [0.15, 0.2) is 5.11 Å². The van der Waals surface area contributed by atoms with Gasteiger partial charge in [0.2, 0.25) is 0 Å². The number of piperazine rings is 1. The summed E-state index contributed by atoms with van der Waals surface area (Å²) in [4.78, 5) is 6.78. The first kappa shape index (κ1) is 17.7. The van der Waals surface area contributed by atoms with Crippen molar-refractivity contribution in [1.82, 2.24) is 15.2 Å². The first-order chi connectivity index (χ1) is 12.1. The molecule has 2 aromatic rings. The lowest BCUT2D eigenvalue weighted by atomic mass is 10.2. The highest BCUT2D eigenvalue weighted by molar-refractivity contribution is 7.89. The van der Waals surface area contributed by atoms with Gasteiger partial charge in [-0.1, -0.05) is 36.4 Å². The molecule has 6 nitrogen and oxygen atoms in total. The van der Waals surface area contributed by atoms with Gasteiger partial charge < -0.3 is 9.80 Å². The average Bonchev–Trinajstić information content (AvgIpc) is 2.68. The van der Waals surface area contributed by atoms with Crippen LogP contribution in [0.25, 0.3) is 0 Å². The van der Waals surface area contributed by atoms with Gasteiger partial charge in [-0.3, -0.25) is 5.43 Å². The number of thiocarbonyl (C=S) groups is 1. The number of nitrogens with one attached hydrogen (secondary N) is 2. The van der Waals surface area contributed by atoms with Gasteiger partial charge >= 0.3 is 0 Å². The minimum absolute atomic E-state index is 0.194. The second-order valence-electron chi connectivity index (χ2n) is 5.66. The van der Waals surface area contributed by atoms with E-state index in [1.54, 1.807) is 18.2 Å². The largest absolute Gasteiger partial charge is 0.368 e. The Morgan fingerprint density at radius 1 is 0.880 bits per heavy atom. The van der Waals surface area contributed by atoms with Gasteiger partial charge in [-0.15, -0.1) is 4.83 Å². The zero-order chi connectivity index (χ0) is 17.7. The maximum Gasteiger partial charge on any atom is 0.257 e. The summed E-state index contributed by atoms with van der Waals surface area (Å²) >= 11 is 5.32. The second kappa shape index (κ2) is 7.81. The Balaban J connectivity index is 1.52. The lowest BCUT2D eigenvalue weighted by Gasteiger charge is -2.37. The highest BCUT2D eigenvalue weighted by Crippen LogP contribution is 2.15. The summed E-state index contributed by atoms with van der Waals surface area (Å²) in [6.07, 6.45) is 0. The first-order valence-corrected chi connectivity index (χ1v) is 9.87. The van der Waals surface area contributed by atoms with Crippen LogP contribution in [0.15, 0.2) is 65.6 Å². The molecule has 1 fully saturated rings. The fourth-order valence-electron chi connectivity index (χ4n) is 2.66. The van der Waals surface area contributed by atoms with Crippen molar-refractivity contribution in [3.05, 3.63) is 60.7 Å². The Kier molecular flexibility index (Phi) is 5.52. The lowest BCUT2D eigenvalue weighted by molar-refractivity contribution is 0.378. The molecule has 1 saturated heterocycles. The van der Waals surface area contributed by atoms with Crippen LogP contribution < -0.4 is 15.2 Å². The maximum atomic E-state index is 12.2. The summed E-state index contributed by atoms with van der Waals surface area (Å²) in [7, 11) is -3.63. The van der Waals surface area contributed by atoms with Crippen LogP contribution in [0.2, 0.25) is 0 Å². The third kappa shape index (κ3) is 4.47. The van der Waals surface area contributed by atoms with E-state index in [1.165, 1.54) is 17.8 Å². The van der Waals surface area contributed by atoms with Gasteiger partial charge in [0.05, 0.1) is 4.90 Å². The van der Waals surface area contributed by atoms with E-state index in [2.05, 4.69) is 27.3 Å². The zero-order valence-corrected chi connectivity index (χ0v) is 15.3. The minimum atomic E-state index is -3.63. The number of anilines is 1. The Labute approximate surface area is 153 Å². The second-order valence-corrected chi connectivity index (χ2v) is 7.73. The predicted molar refractivity (Wildman–Crippen MR) is 103 cm³/mol. The van der Waals surface area contributed by atoms with E-state index >= 15 is 0 Å². The van der Waals surface area contributed by atoms with E-state index in [0.717, 1.165) is 26.2 Å². The van der Waals surface area contributed by atoms with Crippen molar-refractivity contribution in [3.63, 3.8) is 0 Å². The molecule has 0 atom stereocenters. The Hall–Kier alpha value is -2.16. The van der Waals surface area contributed by atoms with Crippen molar-refractivity contribution < 1.29 is 8.42 Å². The van der Waals surface area contributed by atoms with Crippen molar-refractivity contribution >= 4 is 33.0 Å².